The van der Waals surface area contributed by atoms with E-state index in [0.29, 0.717) is 11.8 Å². The molecule has 1 aromatic heterocycles. The van der Waals surface area contributed by atoms with Crippen LogP contribution in [0.15, 0.2) is 34.7 Å². The fourth-order valence-corrected chi connectivity index (χ4v) is 6.24. The van der Waals surface area contributed by atoms with Crippen molar-refractivity contribution in [2.45, 2.75) is 58.3 Å². The highest BCUT2D eigenvalue weighted by atomic mass is 16.6. The second-order valence-electron chi connectivity index (χ2n) is 8.50. The topological polar surface area (TPSA) is 48.7 Å². The van der Waals surface area contributed by atoms with Gasteiger partial charge in [-0.25, -0.2) is 4.79 Å². The first-order valence-electron chi connectivity index (χ1n) is 9.05. The van der Waals surface area contributed by atoms with E-state index >= 15 is 0 Å². The number of allylic oxidation sites excluding steroid dienone is 1. The predicted octanol–water partition coefficient (Wildman–Crippen LogP) is 4.03. The summed E-state index contributed by atoms with van der Waals surface area (Å²) in [5, 5.41) is 0. The highest BCUT2D eigenvalue weighted by molar-refractivity contribution is 5.93. The molecule has 0 radical (unpaired) electrons. The summed E-state index contributed by atoms with van der Waals surface area (Å²) in [5.74, 6) is 0.694. The van der Waals surface area contributed by atoms with Gasteiger partial charge in [0, 0.05) is 16.6 Å². The molecule has 0 amide bonds. The Kier molecular flexibility index (Phi) is 2.79. The summed E-state index contributed by atoms with van der Waals surface area (Å²) < 4.78 is 17.7. The van der Waals surface area contributed by atoms with E-state index in [1.165, 1.54) is 0 Å². The number of ether oxygens (including phenoxy) is 2. The summed E-state index contributed by atoms with van der Waals surface area (Å²) >= 11 is 0. The Morgan fingerprint density at radius 3 is 2.88 bits per heavy atom. The van der Waals surface area contributed by atoms with Gasteiger partial charge in [0.05, 0.1) is 24.7 Å². The minimum atomic E-state index is -0.206. The molecule has 2 bridgehead atoms. The van der Waals surface area contributed by atoms with Gasteiger partial charge in [0.2, 0.25) is 0 Å². The highest BCUT2D eigenvalue weighted by Gasteiger charge is 2.70. The van der Waals surface area contributed by atoms with Crippen molar-refractivity contribution in [2.75, 3.05) is 0 Å². The smallest absolute Gasteiger partial charge is 0.334 e. The Hall–Kier alpha value is -1.55. The molecule has 5 rings (SSSR count). The van der Waals surface area contributed by atoms with E-state index in [2.05, 4.69) is 26.8 Å². The molecule has 2 aliphatic carbocycles. The van der Waals surface area contributed by atoms with Gasteiger partial charge in [-0.1, -0.05) is 26.8 Å². The summed E-state index contributed by atoms with van der Waals surface area (Å²) in [6, 6.07) is 1.99. The monoisotopic (exact) mass is 328 g/mol. The predicted molar refractivity (Wildman–Crippen MR) is 87.0 cm³/mol. The van der Waals surface area contributed by atoms with Gasteiger partial charge >= 0.3 is 5.97 Å². The number of esters is 1. The van der Waals surface area contributed by atoms with Crippen LogP contribution in [0, 0.1) is 22.7 Å². The van der Waals surface area contributed by atoms with Gasteiger partial charge < -0.3 is 13.9 Å². The maximum absolute atomic E-state index is 12.5. The summed E-state index contributed by atoms with van der Waals surface area (Å²) in [6.45, 7) is 6.91. The number of furan rings is 1. The van der Waals surface area contributed by atoms with E-state index in [9.17, 15) is 4.79 Å². The van der Waals surface area contributed by atoms with Crippen LogP contribution in [-0.4, -0.2) is 18.2 Å². The standard InChI is InChI=1S/C20H24O4/c1-11-16-17-20(3)13(18(21)24-17)5-4-6-15(20)19(11,2)9-14(23-16)12-7-8-22-10-12/h5,7-8,10-11,14-17H,4,6,9H2,1-3H3. The lowest BCUT2D eigenvalue weighted by atomic mass is 9.44. The molecule has 3 heterocycles. The zero-order valence-electron chi connectivity index (χ0n) is 14.5. The second kappa shape index (κ2) is 4.54. The molecule has 24 heavy (non-hydrogen) atoms. The quantitative estimate of drug-likeness (QED) is 0.730. The van der Waals surface area contributed by atoms with Crippen LogP contribution in [0.3, 0.4) is 0 Å². The van der Waals surface area contributed by atoms with Crippen LogP contribution in [0.2, 0.25) is 0 Å². The van der Waals surface area contributed by atoms with Crippen molar-refractivity contribution in [1.82, 2.24) is 0 Å². The van der Waals surface area contributed by atoms with Crippen LogP contribution in [0.4, 0.5) is 0 Å². The molecule has 2 aliphatic heterocycles. The average Bonchev–Trinajstić information content (AvgIpc) is 3.16. The molecule has 1 saturated carbocycles. The van der Waals surface area contributed by atoms with E-state index in [0.717, 1.165) is 30.4 Å². The minimum absolute atomic E-state index is 0.0214. The summed E-state index contributed by atoms with van der Waals surface area (Å²) in [4.78, 5) is 12.5. The Bertz CT molecular complexity index is 720. The molecule has 3 fully saturated rings. The molecule has 0 aromatic carbocycles. The number of hydrogen-bond donors (Lipinski definition) is 0. The molecule has 4 aliphatic rings. The molecule has 4 nitrogen and oxygen atoms in total. The number of carbonyl (C=O) groups is 1. The third-order valence-corrected chi connectivity index (χ3v) is 7.64. The molecule has 0 spiro atoms. The molecular formula is C20H24O4. The summed E-state index contributed by atoms with van der Waals surface area (Å²) in [6.07, 6.45) is 8.47. The van der Waals surface area contributed by atoms with Crippen molar-refractivity contribution < 1.29 is 18.7 Å². The molecule has 128 valence electrons. The molecular weight excluding hydrogens is 304 g/mol. The van der Waals surface area contributed by atoms with E-state index < -0.39 is 0 Å². The van der Waals surface area contributed by atoms with Crippen LogP contribution >= 0.6 is 0 Å². The van der Waals surface area contributed by atoms with Crippen molar-refractivity contribution in [3.63, 3.8) is 0 Å². The first-order chi connectivity index (χ1) is 11.5. The van der Waals surface area contributed by atoms with Gasteiger partial charge in [0.1, 0.15) is 6.10 Å². The number of fused-ring (bicyclic) bond motifs is 4. The van der Waals surface area contributed by atoms with Crippen LogP contribution in [-0.2, 0) is 14.3 Å². The van der Waals surface area contributed by atoms with Crippen molar-refractivity contribution in [1.29, 1.82) is 0 Å². The van der Waals surface area contributed by atoms with Crippen molar-refractivity contribution in [2.24, 2.45) is 22.7 Å². The van der Waals surface area contributed by atoms with Crippen molar-refractivity contribution >= 4 is 5.97 Å². The van der Waals surface area contributed by atoms with Gasteiger partial charge in [0.25, 0.3) is 0 Å². The maximum atomic E-state index is 12.5. The third-order valence-electron chi connectivity index (χ3n) is 7.64. The fourth-order valence-electron chi connectivity index (χ4n) is 6.24. The van der Waals surface area contributed by atoms with Gasteiger partial charge in [0.15, 0.2) is 0 Å². The zero-order valence-corrected chi connectivity index (χ0v) is 14.5. The lowest BCUT2D eigenvalue weighted by molar-refractivity contribution is -0.256. The molecule has 4 heteroatoms. The molecule has 7 unspecified atom stereocenters. The summed E-state index contributed by atoms with van der Waals surface area (Å²) in [7, 11) is 0. The van der Waals surface area contributed by atoms with E-state index in [1.54, 1.807) is 12.5 Å². The van der Waals surface area contributed by atoms with Gasteiger partial charge in [-0.2, -0.15) is 0 Å². The van der Waals surface area contributed by atoms with E-state index in [1.807, 2.05) is 6.07 Å². The maximum Gasteiger partial charge on any atom is 0.334 e. The minimum Gasteiger partial charge on any atom is -0.472 e. The number of hydrogen-bond acceptors (Lipinski definition) is 4. The van der Waals surface area contributed by atoms with Crippen LogP contribution in [0.5, 0.6) is 0 Å². The number of carbonyl (C=O) groups excluding carboxylic acids is 1. The highest BCUT2D eigenvalue weighted by Crippen LogP contribution is 2.68. The van der Waals surface area contributed by atoms with E-state index in [4.69, 9.17) is 13.9 Å². The van der Waals surface area contributed by atoms with Gasteiger partial charge in [-0.15, -0.1) is 0 Å². The second-order valence-corrected chi connectivity index (χ2v) is 8.50. The van der Waals surface area contributed by atoms with Gasteiger partial charge in [-0.05, 0) is 42.6 Å². The van der Waals surface area contributed by atoms with Gasteiger partial charge in [-0.3, -0.25) is 0 Å². The molecule has 7 atom stereocenters. The largest absolute Gasteiger partial charge is 0.472 e. The fraction of sp³-hybridized carbons (Fsp3) is 0.650. The first-order valence-corrected chi connectivity index (χ1v) is 9.05. The zero-order chi connectivity index (χ0) is 16.7. The van der Waals surface area contributed by atoms with E-state index in [-0.39, 0.29) is 35.1 Å². The number of rotatable bonds is 1. The van der Waals surface area contributed by atoms with Crippen molar-refractivity contribution in [3.8, 4) is 0 Å². The SMILES string of the molecule is CC1C2OC(c3ccoc3)CC1(C)C1CCC=C3C(=O)OC2C31C. The summed E-state index contributed by atoms with van der Waals surface area (Å²) in [5.41, 5.74) is 1.92. The lowest BCUT2D eigenvalue weighted by Gasteiger charge is -2.63. The lowest BCUT2D eigenvalue weighted by Crippen LogP contribution is -2.64. The first kappa shape index (κ1) is 14.8. The Labute approximate surface area is 142 Å². The normalized spacial score (nSPS) is 49.4. The molecule has 2 saturated heterocycles. The van der Waals surface area contributed by atoms with Crippen LogP contribution in [0.25, 0.3) is 0 Å². The Morgan fingerprint density at radius 2 is 2.12 bits per heavy atom. The Morgan fingerprint density at radius 1 is 1.29 bits per heavy atom. The molecule has 1 aromatic rings. The van der Waals surface area contributed by atoms with Crippen molar-refractivity contribution in [3.05, 3.63) is 35.8 Å². The Balaban J connectivity index is 1.64. The molecule has 0 N–H and O–H groups in total. The third kappa shape index (κ3) is 1.56. The van der Waals surface area contributed by atoms with Crippen LogP contribution < -0.4 is 0 Å². The van der Waals surface area contributed by atoms with Crippen LogP contribution in [0.1, 0.15) is 51.7 Å². The average molecular weight is 328 g/mol.